The molecule has 4 bridgehead atoms. The van der Waals surface area contributed by atoms with Crippen molar-refractivity contribution in [3.63, 3.8) is 0 Å². The average Bonchev–Trinajstić information content (AvgIpc) is 3.99. The second kappa shape index (κ2) is 14.4. The van der Waals surface area contributed by atoms with Crippen molar-refractivity contribution in [2.45, 2.75) is 50.6 Å². The van der Waals surface area contributed by atoms with E-state index in [2.05, 4.69) is 42.2 Å². The predicted octanol–water partition coefficient (Wildman–Crippen LogP) is 6.38. The summed E-state index contributed by atoms with van der Waals surface area (Å²) in [7, 11) is 0. The van der Waals surface area contributed by atoms with E-state index in [1.807, 2.05) is 74.5 Å². The number of benzene rings is 4. The van der Waals surface area contributed by atoms with Gasteiger partial charge in [-0.3, -0.25) is 14.4 Å². The van der Waals surface area contributed by atoms with Gasteiger partial charge in [0.1, 0.15) is 35.6 Å². The zero-order chi connectivity index (χ0) is 40.3. The lowest BCUT2D eigenvalue weighted by atomic mass is 9.72. The number of amides is 3. The van der Waals surface area contributed by atoms with Gasteiger partial charge in [-0.1, -0.05) is 80.6 Å². The first-order chi connectivity index (χ1) is 28.0. The zero-order valence-electron chi connectivity index (χ0n) is 31.2. The molecular weight excluding hydrogens is 808 g/mol. The first-order valence-electron chi connectivity index (χ1n) is 18.8. The number of anilines is 1. The number of hydrogen-bond donors (Lipinski definition) is 6. The van der Waals surface area contributed by atoms with E-state index in [4.69, 9.17) is 18.9 Å². The number of Topliss-reactive ketones (excluding diaryl/α,β-unsaturated/α-hetero) is 1. The molecular formula is C43H37BrN6O8. The van der Waals surface area contributed by atoms with E-state index in [0.717, 1.165) is 21.3 Å². The number of phenols is 1. The van der Waals surface area contributed by atoms with Crippen molar-refractivity contribution in [2.75, 3.05) is 11.9 Å². The van der Waals surface area contributed by atoms with Gasteiger partial charge in [0, 0.05) is 39.2 Å². The van der Waals surface area contributed by atoms with E-state index in [9.17, 15) is 24.3 Å². The number of aromatic amines is 1. The van der Waals surface area contributed by atoms with E-state index in [0.29, 0.717) is 33.3 Å². The maximum atomic E-state index is 14.5. The van der Waals surface area contributed by atoms with E-state index in [1.165, 1.54) is 12.3 Å². The number of carbonyl (C=O) groups excluding carboxylic acids is 4. The molecule has 1 spiro atoms. The Kier molecular flexibility index (Phi) is 9.19. The third kappa shape index (κ3) is 6.13. The van der Waals surface area contributed by atoms with Crippen LogP contribution in [-0.4, -0.2) is 57.6 Å². The number of nitrogens with one attached hydrogen (secondary N) is 5. The van der Waals surface area contributed by atoms with Crippen molar-refractivity contribution < 1.29 is 38.2 Å². The van der Waals surface area contributed by atoms with Crippen LogP contribution in [0.4, 0.5) is 10.5 Å². The second-order valence-corrected chi connectivity index (χ2v) is 15.7. The molecule has 5 heterocycles. The van der Waals surface area contributed by atoms with Crippen molar-refractivity contribution in [1.29, 1.82) is 0 Å². The van der Waals surface area contributed by atoms with Gasteiger partial charge in [0.25, 0.3) is 5.91 Å². The molecule has 58 heavy (non-hydrogen) atoms. The molecule has 3 aliphatic heterocycles. The van der Waals surface area contributed by atoms with Crippen LogP contribution >= 0.6 is 15.9 Å². The number of ketones is 1. The summed E-state index contributed by atoms with van der Waals surface area (Å²) in [6, 6.07) is 23.4. The highest BCUT2D eigenvalue weighted by Crippen LogP contribution is 2.59. The molecule has 0 saturated carbocycles. The maximum absolute atomic E-state index is 14.5. The molecule has 6 aromatic rings. The SMILES string of the molecule is CC(C)C1NC(=O)[C@@H](NC(=O)OCc2ccccc2)Cc2ccc3c(c2)C2(c4cccc(Br)c4NC2O3)c2oc1nc2C(=O)NCC(=O)c1c[nH]c2c(O)cccc12. The van der Waals surface area contributed by atoms with Gasteiger partial charge in [0.2, 0.25) is 11.8 Å². The Morgan fingerprint density at radius 3 is 2.64 bits per heavy atom. The molecule has 0 saturated heterocycles. The molecule has 4 aromatic carbocycles. The third-order valence-corrected chi connectivity index (χ3v) is 11.6. The number of hydrogen-bond acceptors (Lipinski definition) is 10. The summed E-state index contributed by atoms with van der Waals surface area (Å²) < 4.78 is 19.6. The first-order valence-corrected chi connectivity index (χ1v) is 19.6. The number of fused-ring (bicyclic) bond motifs is 5. The van der Waals surface area contributed by atoms with Crippen LogP contribution in [0.3, 0.4) is 0 Å². The average molecular weight is 846 g/mol. The number of oxazole rings is 1. The minimum absolute atomic E-state index is 0.00525. The van der Waals surface area contributed by atoms with Gasteiger partial charge in [-0.2, -0.15) is 0 Å². The number of phenolic OH excluding ortho intramolecular Hbond substituents is 1. The van der Waals surface area contributed by atoms with Crippen LogP contribution in [0.5, 0.6) is 11.5 Å². The summed E-state index contributed by atoms with van der Waals surface area (Å²) in [6.45, 7) is 3.37. The molecule has 3 unspecified atom stereocenters. The molecule has 15 heteroatoms. The Morgan fingerprint density at radius 1 is 1.02 bits per heavy atom. The zero-order valence-corrected chi connectivity index (χ0v) is 32.8. The summed E-state index contributed by atoms with van der Waals surface area (Å²) in [6.07, 6.45) is 0.0233. The fraction of sp³-hybridized carbons (Fsp3) is 0.233. The third-order valence-electron chi connectivity index (χ3n) is 10.9. The maximum Gasteiger partial charge on any atom is 0.408 e. The summed E-state index contributed by atoms with van der Waals surface area (Å²) in [5.41, 5.74) is 2.94. The number of para-hydroxylation sites is 2. The van der Waals surface area contributed by atoms with Gasteiger partial charge < -0.3 is 45.2 Å². The number of ether oxygens (including phenoxy) is 2. The molecule has 294 valence electrons. The Hall–Kier alpha value is -6.61. The van der Waals surface area contributed by atoms with Crippen LogP contribution in [0, 0.1) is 5.92 Å². The lowest BCUT2D eigenvalue weighted by Gasteiger charge is -2.28. The minimum atomic E-state index is -1.27. The Bertz CT molecular complexity index is 2640. The van der Waals surface area contributed by atoms with Crippen molar-refractivity contribution in [2.24, 2.45) is 5.92 Å². The Balaban J connectivity index is 1.13. The number of rotatable bonds is 8. The fourth-order valence-electron chi connectivity index (χ4n) is 8.11. The summed E-state index contributed by atoms with van der Waals surface area (Å²) >= 11 is 3.68. The normalized spacial score (nSPS) is 20.1. The highest BCUT2D eigenvalue weighted by Gasteiger charge is 2.61. The molecule has 0 radical (unpaired) electrons. The van der Waals surface area contributed by atoms with Crippen LogP contribution in [-0.2, 0) is 28.0 Å². The van der Waals surface area contributed by atoms with Gasteiger partial charge in [0.15, 0.2) is 23.5 Å². The highest BCUT2D eigenvalue weighted by molar-refractivity contribution is 9.10. The number of halogens is 1. The lowest BCUT2D eigenvalue weighted by molar-refractivity contribution is -0.124. The summed E-state index contributed by atoms with van der Waals surface area (Å²) in [5.74, 6) is -1.18. The molecule has 3 aliphatic rings. The van der Waals surface area contributed by atoms with Crippen molar-refractivity contribution in [1.82, 2.24) is 25.9 Å². The highest BCUT2D eigenvalue weighted by atomic mass is 79.9. The van der Waals surface area contributed by atoms with E-state index < -0.39 is 54.0 Å². The van der Waals surface area contributed by atoms with Crippen molar-refractivity contribution in [3.05, 3.63) is 141 Å². The van der Waals surface area contributed by atoms with E-state index in [1.54, 1.807) is 18.2 Å². The monoisotopic (exact) mass is 844 g/mol. The quantitative estimate of drug-likeness (QED) is 0.0936. The van der Waals surface area contributed by atoms with Crippen molar-refractivity contribution >= 4 is 56.2 Å². The smallest absolute Gasteiger partial charge is 0.408 e. The van der Waals surface area contributed by atoms with E-state index in [-0.39, 0.29) is 42.0 Å². The topological polar surface area (TPSA) is 197 Å². The summed E-state index contributed by atoms with van der Waals surface area (Å²) in [4.78, 5) is 63.2. The number of nitrogens with zero attached hydrogens (tertiary/aromatic N) is 1. The number of H-pyrrole nitrogens is 1. The number of alkyl carbamates (subject to hydrolysis) is 1. The van der Waals surface area contributed by atoms with Gasteiger partial charge >= 0.3 is 6.09 Å². The largest absolute Gasteiger partial charge is 0.506 e. The van der Waals surface area contributed by atoms with E-state index >= 15 is 0 Å². The molecule has 14 nitrogen and oxygen atoms in total. The summed E-state index contributed by atoms with van der Waals surface area (Å²) in [5, 5.41) is 22.8. The molecule has 6 N–H and O–H groups in total. The number of aromatic hydroxyl groups is 1. The standard InChI is InChI=1S/C43H37BrN6O8/c1-21(2)33-40-49-36(39(54)46-19-31(52)25-18-45-34-24(25)10-6-13-30(34)51)37(58-40)43-26-11-7-12-28(44)35(26)50-41(43)57-32-15-14-23(16-27(32)43)17-29(38(53)48-33)47-42(55)56-20-22-8-4-3-5-9-22/h3-16,18,21,29,33,41,45,50-51H,17,19-20H2,1-2H3,(H,46,54)(H,47,55)(H,48,53)/t29-,33?,41?,43?/m0/s1. The predicted molar refractivity (Wildman–Crippen MR) is 215 cm³/mol. The molecule has 3 amide bonds. The van der Waals surface area contributed by atoms with Crippen molar-refractivity contribution in [3.8, 4) is 11.5 Å². The molecule has 0 aliphatic carbocycles. The van der Waals surface area contributed by atoms with Crippen LogP contribution in [0.15, 0.2) is 100 Å². The lowest BCUT2D eigenvalue weighted by Crippen LogP contribution is -2.49. The molecule has 9 rings (SSSR count). The number of carbonyl (C=O) groups is 4. The molecule has 0 fully saturated rings. The fourth-order valence-corrected chi connectivity index (χ4v) is 8.59. The number of aromatic nitrogens is 2. The van der Waals surface area contributed by atoms with Gasteiger partial charge in [-0.05, 0) is 51.2 Å². The Morgan fingerprint density at radius 2 is 1.83 bits per heavy atom. The second-order valence-electron chi connectivity index (χ2n) is 14.9. The Labute approximate surface area is 339 Å². The molecule has 4 atom stereocenters. The van der Waals surface area contributed by atoms with Crippen LogP contribution in [0.2, 0.25) is 0 Å². The van der Waals surface area contributed by atoms with Crippen LogP contribution < -0.4 is 26.0 Å². The van der Waals surface area contributed by atoms with Gasteiger partial charge in [0.05, 0.1) is 17.7 Å². The van der Waals surface area contributed by atoms with Crippen LogP contribution in [0.1, 0.15) is 74.6 Å². The van der Waals surface area contributed by atoms with Gasteiger partial charge in [-0.15, -0.1) is 0 Å². The first kappa shape index (κ1) is 37.0. The minimum Gasteiger partial charge on any atom is -0.506 e. The van der Waals surface area contributed by atoms with Gasteiger partial charge in [-0.25, -0.2) is 9.78 Å². The van der Waals surface area contributed by atoms with Crippen LogP contribution in [0.25, 0.3) is 10.9 Å². The molecule has 2 aromatic heterocycles.